The highest BCUT2D eigenvalue weighted by Crippen LogP contribution is 2.24. The van der Waals surface area contributed by atoms with Gasteiger partial charge in [-0.2, -0.15) is 0 Å². The molecule has 0 aliphatic rings. The van der Waals surface area contributed by atoms with Crippen LogP contribution < -0.4 is 4.74 Å². The van der Waals surface area contributed by atoms with Gasteiger partial charge in [0, 0.05) is 22.9 Å². The van der Waals surface area contributed by atoms with Crippen LogP contribution in [0.15, 0.2) is 29.0 Å². The van der Waals surface area contributed by atoms with Crippen LogP contribution in [0.5, 0.6) is 5.75 Å². The SMILES string of the molecule is CCC(CC)COc1ccnc2cc(Br)cnc12. The summed E-state index contributed by atoms with van der Waals surface area (Å²) in [4.78, 5) is 8.67. The van der Waals surface area contributed by atoms with Gasteiger partial charge < -0.3 is 4.74 Å². The number of rotatable bonds is 5. The number of nitrogens with zero attached hydrogens (tertiary/aromatic N) is 2. The Morgan fingerprint density at radius 3 is 2.78 bits per heavy atom. The molecule has 96 valence electrons. The zero-order chi connectivity index (χ0) is 13.0. The van der Waals surface area contributed by atoms with Crippen LogP contribution in [0.4, 0.5) is 0 Å². The number of pyridine rings is 2. The Morgan fingerprint density at radius 1 is 1.28 bits per heavy atom. The number of hydrogen-bond donors (Lipinski definition) is 0. The van der Waals surface area contributed by atoms with Gasteiger partial charge in [-0.05, 0) is 27.9 Å². The molecule has 4 heteroatoms. The van der Waals surface area contributed by atoms with Gasteiger partial charge in [0.1, 0.15) is 11.3 Å². The van der Waals surface area contributed by atoms with Crippen molar-refractivity contribution in [1.29, 1.82) is 0 Å². The fourth-order valence-corrected chi connectivity index (χ4v) is 2.15. The van der Waals surface area contributed by atoms with Crippen LogP contribution in [-0.2, 0) is 0 Å². The largest absolute Gasteiger partial charge is 0.491 e. The van der Waals surface area contributed by atoms with E-state index in [0.29, 0.717) is 5.92 Å². The first-order valence-electron chi connectivity index (χ1n) is 6.27. The van der Waals surface area contributed by atoms with Gasteiger partial charge in [0.2, 0.25) is 0 Å². The lowest BCUT2D eigenvalue weighted by atomic mass is 10.1. The van der Waals surface area contributed by atoms with Gasteiger partial charge in [-0.3, -0.25) is 4.98 Å². The van der Waals surface area contributed by atoms with Crippen molar-refractivity contribution < 1.29 is 4.74 Å². The van der Waals surface area contributed by atoms with Crippen LogP contribution in [0.3, 0.4) is 0 Å². The van der Waals surface area contributed by atoms with Crippen LogP contribution in [0, 0.1) is 5.92 Å². The predicted molar refractivity (Wildman–Crippen MR) is 76.8 cm³/mol. The van der Waals surface area contributed by atoms with E-state index in [-0.39, 0.29) is 0 Å². The van der Waals surface area contributed by atoms with E-state index in [1.807, 2.05) is 12.1 Å². The lowest BCUT2D eigenvalue weighted by Crippen LogP contribution is -2.10. The van der Waals surface area contributed by atoms with E-state index < -0.39 is 0 Å². The normalized spacial score (nSPS) is 11.1. The van der Waals surface area contributed by atoms with Gasteiger partial charge in [0.05, 0.1) is 12.1 Å². The molecule has 2 aromatic rings. The molecule has 0 aliphatic heterocycles. The second-order valence-corrected chi connectivity index (χ2v) is 5.24. The Bertz CT molecular complexity index is 526. The lowest BCUT2D eigenvalue weighted by molar-refractivity contribution is 0.242. The second-order valence-electron chi connectivity index (χ2n) is 4.32. The summed E-state index contributed by atoms with van der Waals surface area (Å²) in [6.07, 6.45) is 5.81. The van der Waals surface area contributed by atoms with Gasteiger partial charge in [-0.25, -0.2) is 4.98 Å². The highest BCUT2D eigenvalue weighted by molar-refractivity contribution is 9.10. The summed E-state index contributed by atoms with van der Waals surface area (Å²) in [5.74, 6) is 1.42. The standard InChI is InChI=1S/C14H17BrN2O/c1-3-10(4-2)9-18-13-5-6-16-12-7-11(15)8-17-14(12)13/h5-8,10H,3-4,9H2,1-2H3. The average Bonchev–Trinajstić information content (AvgIpc) is 2.39. The molecule has 0 radical (unpaired) electrons. The van der Waals surface area contributed by atoms with Crippen molar-refractivity contribution in [3.05, 3.63) is 29.0 Å². The molecule has 2 heterocycles. The van der Waals surface area contributed by atoms with Gasteiger partial charge >= 0.3 is 0 Å². The van der Waals surface area contributed by atoms with Gasteiger partial charge in [0.15, 0.2) is 0 Å². The minimum atomic E-state index is 0.601. The predicted octanol–water partition coefficient (Wildman–Crippen LogP) is 4.21. The van der Waals surface area contributed by atoms with Crippen LogP contribution in [-0.4, -0.2) is 16.6 Å². The molecular weight excluding hydrogens is 292 g/mol. The number of hydrogen-bond acceptors (Lipinski definition) is 3. The van der Waals surface area contributed by atoms with Crippen molar-refractivity contribution in [2.75, 3.05) is 6.61 Å². The number of ether oxygens (including phenoxy) is 1. The van der Waals surface area contributed by atoms with E-state index in [1.165, 1.54) is 0 Å². The summed E-state index contributed by atoms with van der Waals surface area (Å²) in [6.45, 7) is 5.12. The number of aromatic nitrogens is 2. The third kappa shape index (κ3) is 2.99. The van der Waals surface area contributed by atoms with E-state index in [1.54, 1.807) is 12.4 Å². The van der Waals surface area contributed by atoms with Gasteiger partial charge in [0.25, 0.3) is 0 Å². The summed E-state index contributed by atoms with van der Waals surface area (Å²) in [5.41, 5.74) is 1.68. The van der Waals surface area contributed by atoms with Crippen molar-refractivity contribution in [2.45, 2.75) is 26.7 Å². The van der Waals surface area contributed by atoms with Gasteiger partial charge in [-0.1, -0.05) is 26.7 Å². The maximum absolute atomic E-state index is 5.89. The smallest absolute Gasteiger partial charge is 0.148 e. The fourth-order valence-electron chi connectivity index (χ4n) is 1.83. The molecule has 0 aliphatic carbocycles. The molecule has 0 spiro atoms. The zero-order valence-electron chi connectivity index (χ0n) is 10.7. The van der Waals surface area contributed by atoms with Crippen molar-refractivity contribution in [3.63, 3.8) is 0 Å². The lowest BCUT2D eigenvalue weighted by Gasteiger charge is -2.14. The van der Waals surface area contributed by atoms with E-state index in [2.05, 4.69) is 39.7 Å². The number of fused-ring (bicyclic) bond motifs is 1. The summed E-state index contributed by atoms with van der Waals surface area (Å²) < 4.78 is 6.82. The van der Waals surface area contributed by atoms with Crippen LogP contribution in [0.25, 0.3) is 11.0 Å². The zero-order valence-corrected chi connectivity index (χ0v) is 12.3. The molecule has 0 atom stereocenters. The Hall–Kier alpha value is -1.16. The van der Waals surface area contributed by atoms with E-state index in [4.69, 9.17) is 4.74 Å². The monoisotopic (exact) mass is 308 g/mol. The Labute approximate surface area is 116 Å². The maximum Gasteiger partial charge on any atom is 0.148 e. The third-order valence-electron chi connectivity index (χ3n) is 3.14. The highest BCUT2D eigenvalue weighted by atomic mass is 79.9. The van der Waals surface area contributed by atoms with Crippen molar-refractivity contribution >= 4 is 27.0 Å². The van der Waals surface area contributed by atoms with Crippen LogP contribution in [0.1, 0.15) is 26.7 Å². The first kappa shape index (κ1) is 13.3. The molecule has 0 aromatic carbocycles. The van der Waals surface area contributed by atoms with Crippen molar-refractivity contribution in [1.82, 2.24) is 9.97 Å². The minimum absolute atomic E-state index is 0.601. The average molecular weight is 309 g/mol. The molecule has 2 aromatic heterocycles. The molecule has 0 fully saturated rings. The highest BCUT2D eigenvalue weighted by Gasteiger charge is 2.08. The minimum Gasteiger partial charge on any atom is -0.491 e. The molecule has 0 unspecified atom stereocenters. The quantitative estimate of drug-likeness (QED) is 0.830. The van der Waals surface area contributed by atoms with Crippen molar-refractivity contribution in [3.8, 4) is 5.75 Å². The van der Waals surface area contributed by atoms with Crippen molar-refractivity contribution in [2.24, 2.45) is 5.92 Å². The number of halogens is 1. The topological polar surface area (TPSA) is 35.0 Å². The summed E-state index contributed by atoms with van der Waals surface area (Å²) in [6, 6.07) is 3.83. The van der Waals surface area contributed by atoms with E-state index in [0.717, 1.165) is 40.7 Å². The molecule has 18 heavy (non-hydrogen) atoms. The molecule has 0 N–H and O–H groups in total. The Kier molecular flexibility index (Phi) is 4.53. The van der Waals surface area contributed by atoms with Gasteiger partial charge in [-0.15, -0.1) is 0 Å². The third-order valence-corrected chi connectivity index (χ3v) is 3.57. The molecular formula is C14H17BrN2O. The maximum atomic E-state index is 5.89. The Balaban J connectivity index is 2.23. The van der Waals surface area contributed by atoms with Crippen LogP contribution in [0.2, 0.25) is 0 Å². The molecule has 3 nitrogen and oxygen atoms in total. The molecule has 0 saturated carbocycles. The first-order valence-corrected chi connectivity index (χ1v) is 7.07. The molecule has 2 rings (SSSR count). The van der Waals surface area contributed by atoms with E-state index in [9.17, 15) is 0 Å². The second kappa shape index (κ2) is 6.14. The summed E-state index contributed by atoms with van der Waals surface area (Å²) in [7, 11) is 0. The first-order chi connectivity index (χ1) is 8.74. The molecule has 0 amide bonds. The Morgan fingerprint density at radius 2 is 2.06 bits per heavy atom. The summed E-state index contributed by atoms with van der Waals surface area (Å²) >= 11 is 3.40. The molecule has 0 bridgehead atoms. The fraction of sp³-hybridized carbons (Fsp3) is 0.429. The van der Waals surface area contributed by atoms with Crippen LogP contribution >= 0.6 is 15.9 Å². The van der Waals surface area contributed by atoms with E-state index >= 15 is 0 Å². The molecule has 0 saturated heterocycles. The summed E-state index contributed by atoms with van der Waals surface area (Å²) in [5, 5.41) is 0.